The van der Waals surface area contributed by atoms with E-state index in [1.54, 1.807) is 22.9 Å². The van der Waals surface area contributed by atoms with Crippen molar-refractivity contribution in [3.05, 3.63) is 84.1 Å². The quantitative estimate of drug-likeness (QED) is 0.259. The minimum Gasteiger partial charge on any atom is -0.383 e. The van der Waals surface area contributed by atoms with Gasteiger partial charge in [0.15, 0.2) is 0 Å². The number of ether oxygens (including phenoxy) is 2. The van der Waals surface area contributed by atoms with Crippen LogP contribution < -0.4 is 15.5 Å². The standard InChI is InChI=1S/C34H40FN9O4/c1-22-31(24-9-10-30(37-16-24)42-17-26-20-47-21-27(18-42)41(26)2)40-44(25-7-5-4-6-8-25)33(22)39-34(45)38-28-19-43(13-14-46-3)48-32(28)23-11-12-36-29(35)15-23/h4-12,15-16,26-28,32H,13-14,17-21H2,1-3H3,(H2,38,39,45)/t26-,27+,28-,32+/m1/s1. The monoisotopic (exact) mass is 657 g/mol. The molecule has 14 heteroatoms. The summed E-state index contributed by atoms with van der Waals surface area (Å²) in [4.78, 5) is 33.0. The maximum atomic E-state index is 14.0. The molecule has 3 fully saturated rings. The van der Waals surface area contributed by atoms with Crippen LogP contribution in [0.1, 0.15) is 17.2 Å². The molecule has 3 aromatic heterocycles. The van der Waals surface area contributed by atoms with Crippen molar-refractivity contribution in [1.82, 2.24) is 35.0 Å². The maximum absolute atomic E-state index is 14.0. The molecule has 252 valence electrons. The number of para-hydroxylation sites is 1. The highest BCUT2D eigenvalue weighted by molar-refractivity contribution is 5.91. The minimum atomic E-state index is -0.618. The van der Waals surface area contributed by atoms with Gasteiger partial charge in [0.05, 0.1) is 49.3 Å². The number of morpholine rings is 1. The molecular formula is C34H40FN9O4. The largest absolute Gasteiger partial charge is 0.383 e. The van der Waals surface area contributed by atoms with Crippen molar-refractivity contribution in [1.29, 1.82) is 0 Å². The number of hydrogen-bond donors (Lipinski definition) is 2. The van der Waals surface area contributed by atoms with Gasteiger partial charge in [-0.05, 0) is 55.9 Å². The number of piperazine rings is 1. The zero-order valence-electron chi connectivity index (χ0n) is 27.3. The number of nitrogens with zero attached hydrogens (tertiary/aromatic N) is 7. The molecule has 48 heavy (non-hydrogen) atoms. The summed E-state index contributed by atoms with van der Waals surface area (Å²) in [7, 11) is 3.78. The van der Waals surface area contributed by atoms with E-state index in [-0.39, 0.29) is 0 Å². The van der Waals surface area contributed by atoms with Crippen LogP contribution in [0.5, 0.6) is 0 Å². The Hall–Kier alpha value is -4.47. The maximum Gasteiger partial charge on any atom is 0.320 e. The molecule has 3 saturated heterocycles. The number of anilines is 2. The summed E-state index contributed by atoms with van der Waals surface area (Å²) in [5.74, 6) is 0.822. The Balaban J connectivity index is 1.13. The summed E-state index contributed by atoms with van der Waals surface area (Å²) in [6, 6.07) is 16.5. The van der Waals surface area contributed by atoms with Crippen LogP contribution in [0.2, 0.25) is 0 Å². The third-order valence-electron chi connectivity index (χ3n) is 9.30. The van der Waals surface area contributed by atoms with E-state index in [1.165, 1.54) is 12.3 Å². The molecule has 3 aliphatic heterocycles. The molecule has 4 aromatic rings. The first kappa shape index (κ1) is 32.1. The van der Waals surface area contributed by atoms with Gasteiger partial charge in [-0.1, -0.05) is 18.2 Å². The fraction of sp³-hybridized carbons (Fsp3) is 0.412. The lowest BCUT2D eigenvalue weighted by Crippen LogP contribution is -2.63. The summed E-state index contributed by atoms with van der Waals surface area (Å²) < 4.78 is 26.8. The second kappa shape index (κ2) is 13.9. The minimum absolute atomic E-state index is 0.341. The van der Waals surface area contributed by atoms with E-state index in [1.807, 2.05) is 55.6 Å². The van der Waals surface area contributed by atoms with E-state index in [2.05, 4.69) is 32.5 Å². The van der Waals surface area contributed by atoms with Gasteiger partial charge < -0.3 is 19.7 Å². The number of hydrogen-bond acceptors (Lipinski definition) is 10. The van der Waals surface area contributed by atoms with Crippen LogP contribution in [-0.4, -0.2) is 114 Å². The predicted octanol–water partition coefficient (Wildman–Crippen LogP) is 3.42. The molecule has 0 spiro atoms. The topological polar surface area (TPSA) is 122 Å². The molecule has 6 heterocycles. The number of carbonyl (C=O) groups excluding carboxylic acids is 1. The summed E-state index contributed by atoms with van der Waals surface area (Å²) in [5.41, 5.74) is 3.69. The van der Waals surface area contributed by atoms with Gasteiger partial charge in [-0.2, -0.15) is 14.6 Å². The van der Waals surface area contributed by atoms with Gasteiger partial charge in [0.25, 0.3) is 0 Å². The summed E-state index contributed by atoms with van der Waals surface area (Å²) in [5, 5.41) is 12.8. The molecule has 13 nitrogen and oxygen atoms in total. The highest BCUT2D eigenvalue weighted by atomic mass is 19.1. The number of urea groups is 1. The van der Waals surface area contributed by atoms with E-state index < -0.39 is 24.1 Å². The number of nitrogens with one attached hydrogen (secondary N) is 2. The number of carbonyl (C=O) groups is 1. The SMILES string of the molecule is COCCN1C[C@@H](NC(=O)Nc2c(C)c(-c3ccc(N4C[C@H]5COC[C@@H](C4)N5C)nc3)nn2-c2ccccc2)[C@H](c2ccnc(F)c2)O1. The van der Waals surface area contributed by atoms with Crippen molar-refractivity contribution >= 4 is 17.7 Å². The van der Waals surface area contributed by atoms with Crippen LogP contribution in [0.25, 0.3) is 16.9 Å². The predicted molar refractivity (Wildman–Crippen MR) is 177 cm³/mol. The lowest BCUT2D eigenvalue weighted by Gasteiger charge is -2.48. The van der Waals surface area contributed by atoms with Crippen LogP contribution in [0.15, 0.2) is 67.0 Å². The zero-order chi connectivity index (χ0) is 33.2. The van der Waals surface area contributed by atoms with Gasteiger partial charge in [0.2, 0.25) is 5.95 Å². The number of amides is 2. The molecule has 0 unspecified atom stereocenters. The highest BCUT2D eigenvalue weighted by Crippen LogP contribution is 2.33. The average Bonchev–Trinajstić information content (AvgIpc) is 3.64. The fourth-order valence-electron chi connectivity index (χ4n) is 6.64. The molecule has 0 aliphatic carbocycles. The van der Waals surface area contributed by atoms with Gasteiger partial charge in [0, 0.05) is 56.8 Å². The van der Waals surface area contributed by atoms with E-state index in [9.17, 15) is 9.18 Å². The van der Waals surface area contributed by atoms with Crippen molar-refractivity contribution in [2.45, 2.75) is 31.2 Å². The van der Waals surface area contributed by atoms with Crippen molar-refractivity contribution in [3.8, 4) is 16.9 Å². The Kier molecular flexibility index (Phi) is 9.32. The van der Waals surface area contributed by atoms with E-state index in [4.69, 9.17) is 24.4 Å². The first-order valence-electron chi connectivity index (χ1n) is 16.1. The lowest BCUT2D eigenvalue weighted by molar-refractivity contribution is -0.154. The summed E-state index contributed by atoms with van der Waals surface area (Å²) in [6.07, 6.45) is 2.62. The Morgan fingerprint density at radius 2 is 1.85 bits per heavy atom. The zero-order valence-corrected chi connectivity index (χ0v) is 27.3. The molecular weight excluding hydrogens is 617 g/mol. The third kappa shape index (κ3) is 6.62. The summed E-state index contributed by atoms with van der Waals surface area (Å²) in [6.45, 7) is 6.41. The van der Waals surface area contributed by atoms with Crippen molar-refractivity contribution in [2.75, 3.05) is 70.4 Å². The van der Waals surface area contributed by atoms with Gasteiger partial charge in [-0.3, -0.25) is 15.1 Å². The molecule has 2 amide bonds. The number of aromatic nitrogens is 4. The number of likely N-dealkylation sites (N-methyl/N-ethyl adjacent to an activating group) is 1. The smallest absolute Gasteiger partial charge is 0.320 e. The van der Waals surface area contributed by atoms with Crippen molar-refractivity contribution < 1.29 is 23.5 Å². The molecule has 2 N–H and O–H groups in total. The fourth-order valence-corrected chi connectivity index (χ4v) is 6.64. The highest BCUT2D eigenvalue weighted by Gasteiger charge is 2.38. The number of rotatable bonds is 9. The molecule has 7 rings (SSSR count). The Bertz CT molecular complexity index is 1710. The Morgan fingerprint density at radius 1 is 1.06 bits per heavy atom. The molecule has 2 bridgehead atoms. The van der Waals surface area contributed by atoms with Gasteiger partial charge >= 0.3 is 6.03 Å². The normalized spacial score (nSPS) is 23.0. The number of fused-ring (bicyclic) bond motifs is 2. The number of halogens is 1. The summed E-state index contributed by atoms with van der Waals surface area (Å²) >= 11 is 0. The van der Waals surface area contributed by atoms with Gasteiger partial charge in [0.1, 0.15) is 17.7 Å². The van der Waals surface area contributed by atoms with Crippen LogP contribution in [0, 0.1) is 12.9 Å². The van der Waals surface area contributed by atoms with Crippen LogP contribution in [-0.2, 0) is 14.3 Å². The second-order valence-electron chi connectivity index (χ2n) is 12.4. The first-order valence-corrected chi connectivity index (χ1v) is 16.1. The Labute approximate surface area is 278 Å². The third-order valence-corrected chi connectivity index (χ3v) is 9.30. The number of pyridine rings is 2. The van der Waals surface area contributed by atoms with Gasteiger partial charge in [-0.25, -0.2) is 19.4 Å². The van der Waals surface area contributed by atoms with Crippen molar-refractivity contribution in [3.63, 3.8) is 0 Å². The van der Waals surface area contributed by atoms with Crippen LogP contribution >= 0.6 is 0 Å². The lowest BCUT2D eigenvalue weighted by atomic mass is 10.0. The molecule has 0 saturated carbocycles. The molecule has 0 radical (unpaired) electrons. The van der Waals surface area contributed by atoms with E-state index in [0.717, 1.165) is 48.9 Å². The Morgan fingerprint density at radius 3 is 2.56 bits per heavy atom. The molecule has 1 aromatic carbocycles. The average molecular weight is 658 g/mol. The van der Waals surface area contributed by atoms with Gasteiger partial charge in [-0.15, -0.1) is 0 Å². The number of benzene rings is 1. The first-order chi connectivity index (χ1) is 23.4. The number of methoxy groups -OCH3 is 1. The molecule has 4 atom stereocenters. The number of hydroxylamine groups is 2. The van der Waals surface area contributed by atoms with Crippen molar-refractivity contribution in [2.24, 2.45) is 0 Å². The molecule has 3 aliphatic rings. The van der Waals surface area contributed by atoms with E-state index in [0.29, 0.717) is 48.9 Å². The second-order valence-corrected chi connectivity index (χ2v) is 12.4. The van der Waals surface area contributed by atoms with Crippen LogP contribution in [0.3, 0.4) is 0 Å². The van der Waals surface area contributed by atoms with Crippen LogP contribution in [0.4, 0.5) is 20.8 Å². The van der Waals surface area contributed by atoms with E-state index >= 15 is 0 Å².